The number of nitrogens with two attached hydrogens (primary N) is 1. The molecular formula is C17H28N2O2. The van der Waals surface area contributed by atoms with Gasteiger partial charge in [0.25, 0.3) is 0 Å². The van der Waals surface area contributed by atoms with Gasteiger partial charge in [0.05, 0.1) is 6.61 Å². The molecule has 1 aromatic carbocycles. The van der Waals surface area contributed by atoms with E-state index in [2.05, 4.69) is 43.9 Å². The zero-order chi connectivity index (χ0) is 15.2. The predicted molar refractivity (Wildman–Crippen MR) is 85.9 cm³/mol. The van der Waals surface area contributed by atoms with Gasteiger partial charge in [0.1, 0.15) is 18.5 Å². The number of rotatable bonds is 6. The Labute approximate surface area is 128 Å². The molecule has 1 unspecified atom stereocenters. The molecule has 1 fully saturated rings. The first-order valence-electron chi connectivity index (χ1n) is 7.88. The molecule has 1 aliphatic rings. The Kier molecular flexibility index (Phi) is 6.03. The van der Waals surface area contributed by atoms with Crippen molar-refractivity contribution < 1.29 is 9.47 Å². The molecule has 4 nitrogen and oxygen atoms in total. The zero-order valence-electron chi connectivity index (χ0n) is 13.5. The molecule has 0 amide bonds. The van der Waals surface area contributed by atoms with Gasteiger partial charge < -0.3 is 15.2 Å². The topological polar surface area (TPSA) is 47.7 Å². The lowest BCUT2D eigenvalue weighted by Crippen LogP contribution is -2.47. The predicted octanol–water partition coefficient (Wildman–Crippen LogP) is 1.98. The van der Waals surface area contributed by atoms with Gasteiger partial charge in [-0.25, -0.2) is 0 Å². The second-order valence-corrected chi connectivity index (χ2v) is 5.99. The maximum Gasteiger partial charge on any atom is 0.125 e. The Morgan fingerprint density at radius 2 is 2.24 bits per heavy atom. The van der Waals surface area contributed by atoms with E-state index in [1.807, 2.05) is 0 Å². The summed E-state index contributed by atoms with van der Waals surface area (Å²) in [7, 11) is 0. The molecule has 0 radical (unpaired) electrons. The van der Waals surface area contributed by atoms with Gasteiger partial charge in [-0.2, -0.15) is 0 Å². The molecule has 0 spiro atoms. The van der Waals surface area contributed by atoms with Gasteiger partial charge in [-0.05, 0) is 44.9 Å². The molecule has 1 aliphatic heterocycles. The van der Waals surface area contributed by atoms with Crippen molar-refractivity contribution in [1.29, 1.82) is 0 Å². The van der Waals surface area contributed by atoms with Gasteiger partial charge in [0.15, 0.2) is 0 Å². The number of hydrogen-bond donors (Lipinski definition) is 1. The second kappa shape index (κ2) is 7.78. The monoisotopic (exact) mass is 292 g/mol. The molecule has 0 aliphatic carbocycles. The summed E-state index contributed by atoms with van der Waals surface area (Å²) in [6, 6.07) is 6.79. The molecule has 1 atom stereocenters. The molecule has 0 aromatic heterocycles. The SMILES string of the molecule is Cc1cccc(CCN)c1OCC1CN(C(C)C)CCO1. The number of nitrogens with zero attached hydrogens (tertiary/aromatic N) is 1. The molecule has 118 valence electrons. The van der Waals surface area contributed by atoms with Gasteiger partial charge in [-0.1, -0.05) is 18.2 Å². The standard InChI is InChI=1S/C17H28N2O2/c1-13(2)19-9-10-20-16(11-19)12-21-17-14(3)5-4-6-15(17)7-8-18/h4-6,13,16H,7-12,18H2,1-3H3. The van der Waals surface area contributed by atoms with Gasteiger partial charge >= 0.3 is 0 Å². The fourth-order valence-electron chi connectivity index (χ4n) is 2.76. The summed E-state index contributed by atoms with van der Waals surface area (Å²) in [5.74, 6) is 0.980. The van der Waals surface area contributed by atoms with Crippen LogP contribution in [0, 0.1) is 6.92 Å². The first-order valence-corrected chi connectivity index (χ1v) is 7.88. The van der Waals surface area contributed by atoms with Crippen LogP contribution in [-0.4, -0.2) is 49.9 Å². The summed E-state index contributed by atoms with van der Waals surface area (Å²) < 4.78 is 11.9. The fraction of sp³-hybridized carbons (Fsp3) is 0.647. The summed E-state index contributed by atoms with van der Waals surface area (Å²) >= 11 is 0. The first kappa shape index (κ1) is 16.3. The highest BCUT2D eigenvalue weighted by molar-refractivity contribution is 5.41. The summed E-state index contributed by atoms with van der Waals surface area (Å²) in [4.78, 5) is 2.44. The van der Waals surface area contributed by atoms with Crippen molar-refractivity contribution in [1.82, 2.24) is 4.90 Å². The fourth-order valence-corrected chi connectivity index (χ4v) is 2.76. The molecular weight excluding hydrogens is 264 g/mol. The largest absolute Gasteiger partial charge is 0.490 e. The molecule has 1 saturated heterocycles. The van der Waals surface area contributed by atoms with Crippen LogP contribution >= 0.6 is 0 Å². The molecule has 0 bridgehead atoms. The average molecular weight is 292 g/mol. The highest BCUT2D eigenvalue weighted by Crippen LogP contribution is 2.24. The van der Waals surface area contributed by atoms with E-state index in [-0.39, 0.29) is 6.10 Å². The van der Waals surface area contributed by atoms with Crippen molar-refractivity contribution >= 4 is 0 Å². The molecule has 1 heterocycles. The van der Waals surface area contributed by atoms with Gasteiger partial charge in [-0.15, -0.1) is 0 Å². The molecule has 0 saturated carbocycles. The van der Waals surface area contributed by atoms with Crippen molar-refractivity contribution in [2.24, 2.45) is 5.73 Å². The Bertz CT molecular complexity index is 448. The maximum absolute atomic E-state index is 6.08. The minimum Gasteiger partial charge on any atom is -0.490 e. The highest BCUT2D eigenvalue weighted by atomic mass is 16.5. The second-order valence-electron chi connectivity index (χ2n) is 5.99. The summed E-state index contributed by atoms with van der Waals surface area (Å²) in [6.07, 6.45) is 0.993. The number of aryl methyl sites for hydroxylation is 1. The van der Waals surface area contributed by atoms with Crippen molar-refractivity contribution in [3.8, 4) is 5.75 Å². The van der Waals surface area contributed by atoms with Crippen molar-refractivity contribution in [3.05, 3.63) is 29.3 Å². The quantitative estimate of drug-likeness (QED) is 0.871. The Morgan fingerprint density at radius 1 is 1.43 bits per heavy atom. The van der Waals surface area contributed by atoms with Crippen LogP contribution in [0.1, 0.15) is 25.0 Å². The van der Waals surface area contributed by atoms with E-state index in [1.54, 1.807) is 0 Å². The van der Waals surface area contributed by atoms with Crippen molar-refractivity contribution in [2.75, 3.05) is 32.8 Å². The van der Waals surface area contributed by atoms with Crippen LogP contribution in [0.3, 0.4) is 0 Å². The van der Waals surface area contributed by atoms with E-state index < -0.39 is 0 Å². The third-order valence-electron chi connectivity index (χ3n) is 4.02. The third kappa shape index (κ3) is 4.43. The Balaban J connectivity index is 1.96. The lowest BCUT2D eigenvalue weighted by atomic mass is 10.1. The minimum atomic E-state index is 0.145. The van der Waals surface area contributed by atoms with Crippen LogP contribution in [-0.2, 0) is 11.2 Å². The minimum absolute atomic E-state index is 0.145. The van der Waals surface area contributed by atoms with Gasteiger partial charge in [0.2, 0.25) is 0 Å². The Hall–Kier alpha value is -1.10. The van der Waals surface area contributed by atoms with Crippen LogP contribution in [0.5, 0.6) is 5.75 Å². The van der Waals surface area contributed by atoms with Crippen LogP contribution in [0.2, 0.25) is 0 Å². The number of benzene rings is 1. The maximum atomic E-state index is 6.08. The van der Waals surface area contributed by atoms with Crippen LogP contribution in [0.4, 0.5) is 0 Å². The molecule has 21 heavy (non-hydrogen) atoms. The number of hydrogen-bond acceptors (Lipinski definition) is 4. The lowest BCUT2D eigenvalue weighted by molar-refractivity contribution is -0.0566. The molecule has 1 aromatic rings. The van der Waals surface area contributed by atoms with Gasteiger partial charge in [0, 0.05) is 19.1 Å². The van der Waals surface area contributed by atoms with E-state index in [9.17, 15) is 0 Å². The summed E-state index contributed by atoms with van der Waals surface area (Å²) in [5, 5.41) is 0. The molecule has 4 heteroatoms. The van der Waals surface area contributed by atoms with E-state index in [0.717, 1.165) is 37.4 Å². The van der Waals surface area contributed by atoms with E-state index >= 15 is 0 Å². The van der Waals surface area contributed by atoms with Crippen LogP contribution < -0.4 is 10.5 Å². The molecule has 2 N–H and O–H groups in total. The lowest BCUT2D eigenvalue weighted by Gasteiger charge is -2.35. The van der Waals surface area contributed by atoms with Crippen molar-refractivity contribution in [3.63, 3.8) is 0 Å². The van der Waals surface area contributed by atoms with E-state index in [1.165, 1.54) is 5.56 Å². The van der Waals surface area contributed by atoms with E-state index in [4.69, 9.17) is 15.2 Å². The Morgan fingerprint density at radius 3 is 2.95 bits per heavy atom. The summed E-state index contributed by atoms with van der Waals surface area (Å²) in [6.45, 7) is 10.5. The van der Waals surface area contributed by atoms with E-state index in [0.29, 0.717) is 19.2 Å². The third-order valence-corrected chi connectivity index (χ3v) is 4.02. The molecule has 2 rings (SSSR count). The van der Waals surface area contributed by atoms with Gasteiger partial charge in [-0.3, -0.25) is 4.90 Å². The summed E-state index contributed by atoms with van der Waals surface area (Å²) in [5.41, 5.74) is 8.04. The smallest absolute Gasteiger partial charge is 0.125 e. The number of morpholine rings is 1. The number of para-hydroxylation sites is 1. The number of ether oxygens (including phenoxy) is 2. The van der Waals surface area contributed by atoms with Crippen molar-refractivity contribution in [2.45, 2.75) is 39.3 Å². The highest BCUT2D eigenvalue weighted by Gasteiger charge is 2.23. The first-order chi connectivity index (χ1) is 10.1. The van der Waals surface area contributed by atoms with Crippen LogP contribution in [0.25, 0.3) is 0 Å². The zero-order valence-corrected chi connectivity index (χ0v) is 13.5. The van der Waals surface area contributed by atoms with Crippen LogP contribution in [0.15, 0.2) is 18.2 Å². The normalized spacial score (nSPS) is 20.0. The average Bonchev–Trinajstić information content (AvgIpc) is 2.47.